The Bertz CT molecular complexity index is 1030. The Morgan fingerprint density at radius 2 is 1.88 bits per heavy atom. The average molecular weight is 358 g/mol. The molecule has 1 spiro atoms. The summed E-state index contributed by atoms with van der Waals surface area (Å²) in [6.07, 6.45) is 21.6. The Morgan fingerprint density at radius 1 is 1.00 bits per heavy atom. The lowest BCUT2D eigenvalue weighted by Gasteiger charge is -2.37. The van der Waals surface area contributed by atoms with Gasteiger partial charge in [0.05, 0.1) is 0 Å². The third-order valence-electron chi connectivity index (χ3n) is 5.14. The highest BCUT2D eigenvalue weighted by Crippen LogP contribution is 2.50. The number of fused-ring (bicyclic) bond motifs is 1. The first-order valence-corrected chi connectivity index (χ1v) is 8.99. The summed E-state index contributed by atoms with van der Waals surface area (Å²) in [6, 6.07) is 7.86. The van der Waals surface area contributed by atoms with Gasteiger partial charge in [-0.3, -0.25) is 0 Å². The number of ether oxygens (including phenoxy) is 1. The molecule has 1 heterocycles. The summed E-state index contributed by atoms with van der Waals surface area (Å²) in [6.45, 7) is 0. The van der Waals surface area contributed by atoms with E-state index in [1.54, 1.807) is 6.40 Å². The van der Waals surface area contributed by atoms with Gasteiger partial charge in [-0.15, -0.1) is 0 Å². The largest absolute Gasteiger partial charge is 0.447 e. The molecule has 1 aromatic rings. The average Bonchev–Trinajstić information content (AvgIpc) is 3.11. The fourth-order valence-electron chi connectivity index (χ4n) is 3.84. The number of allylic oxidation sites excluding steroid dienone is 8. The third kappa shape index (κ3) is 2.30. The van der Waals surface area contributed by atoms with Crippen LogP contribution in [-0.2, 0) is 4.74 Å². The molecule has 0 saturated heterocycles. The van der Waals surface area contributed by atoms with E-state index in [1.807, 2.05) is 36.4 Å². The normalized spacial score (nSPS) is 25.3. The molecule has 0 saturated carbocycles. The topological polar surface area (TPSA) is 21.6 Å². The highest BCUT2D eigenvalue weighted by molar-refractivity contribution is 6.30. The molecule has 26 heavy (non-hydrogen) atoms. The molecule has 0 amide bonds. The van der Waals surface area contributed by atoms with Gasteiger partial charge in [0.2, 0.25) is 0 Å². The zero-order chi connectivity index (χ0) is 17.6. The molecule has 0 N–H and O–H groups in total. The van der Waals surface area contributed by atoms with Gasteiger partial charge >= 0.3 is 0 Å². The van der Waals surface area contributed by atoms with Crippen molar-refractivity contribution < 1.29 is 4.74 Å². The zero-order valence-electron chi connectivity index (χ0n) is 14.0. The predicted molar refractivity (Wildman–Crippen MR) is 107 cm³/mol. The van der Waals surface area contributed by atoms with E-state index >= 15 is 0 Å². The number of hydrogen-bond donors (Lipinski definition) is 0. The first-order valence-electron chi connectivity index (χ1n) is 8.62. The van der Waals surface area contributed by atoms with E-state index in [0.29, 0.717) is 0 Å². The lowest BCUT2D eigenvalue weighted by molar-refractivity contribution is 0.408. The van der Waals surface area contributed by atoms with Crippen molar-refractivity contribution in [3.8, 4) is 0 Å². The second-order valence-electron chi connectivity index (χ2n) is 6.65. The minimum Gasteiger partial charge on any atom is -0.447 e. The quantitative estimate of drug-likeness (QED) is 0.662. The van der Waals surface area contributed by atoms with Crippen molar-refractivity contribution >= 4 is 24.1 Å². The first-order chi connectivity index (χ1) is 12.8. The summed E-state index contributed by atoms with van der Waals surface area (Å²) < 4.78 is 5.67. The van der Waals surface area contributed by atoms with Crippen LogP contribution >= 0.6 is 11.6 Å². The van der Waals surface area contributed by atoms with Gasteiger partial charge in [-0.2, -0.15) is 0 Å². The van der Waals surface area contributed by atoms with Gasteiger partial charge in [0.25, 0.3) is 0 Å². The zero-order valence-corrected chi connectivity index (χ0v) is 14.8. The molecular weight excluding hydrogens is 342 g/mol. The molecule has 0 radical (unpaired) electrons. The second-order valence-corrected chi connectivity index (χ2v) is 7.09. The van der Waals surface area contributed by atoms with Crippen molar-refractivity contribution in [2.45, 2.75) is 12.0 Å². The first kappa shape index (κ1) is 15.4. The number of halogens is 1. The number of aliphatic imine (C=N–C) groups is 1. The monoisotopic (exact) mass is 357 g/mol. The van der Waals surface area contributed by atoms with E-state index in [1.165, 1.54) is 16.7 Å². The summed E-state index contributed by atoms with van der Waals surface area (Å²) in [7, 11) is 0. The van der Waals surface area contributed by atoms with Crippen LogP contribution in [0.1, 0.15) is 12.0 Å². The van der Waals surface area contributed by atoms with Crippen molar-refractivity contribution in [2.24, 2.45) is 4.99 Å². The summed E-state index contributed by atoms with van der Waals surface area (Å²) >= 11 is 5.95. The highest BCUT2D eigenvalue weighted by Gasteiger charge is 2.48. The van der Waals surface area contributed by atoms with Crippen LogP contribution in [-0.4, -0.2) is 11.9 Å². The fourth-order valence-corrected chi connectivity index (χ4v) is 3.96. The highest BCUT2D eigenvalue weighted by atomic mass is 35.5. The molecule has 5 rings (SSSR count). The Kier molecular flexibility index (Phi) is 3.47. The molecule has 3 aliphatic carbocycles. The molecule has 1 aliphatic heterocycles. The standard InChI is InChI=1S/C23H16ClNO/c24-20-11-6-16(7-12-20)4-5-17-8-13-21-18(14-17)9-10-19-2-1-3-22-23(19,21)25-15-26-22/h1-13,15H,14H2/b5-4+. The Hall–Kier alpha value is -2.84. The van der Waals surface area contributed by atoms with E-state index in [-0.39, 0.29) is 0 Å². The van der Waals surface area contributed by atoms with E-state index in [9.17, 15) is 0 Å². The van der Waals surface area contributed by atoms with Gasteiger partial charge in [0.1, 0.15) is 5.76 Å². The van der Waals surface area contributed by atoms with E-state index < -0.39 is 5.54 Å². The Balaban J connectivity index is 1.49. The summed E-state index contributed by atoms with van der Waals surface area (Å²) in [5, 5.41) is 0.755. The second kappa shape index (κ2) is 5.86. The summed E-state index contributed by atoms with van der Waals surface area (Å²) in [5.74, 6) is 0.886. The molecule has 0 aromatic heterocycles. The molecule has 0 bridgehead atoms. The predicted octanol–water partition coefficient (Wildman–Crippen LogP) is 5.73. The van der Waals surface area contributed by atoms with Crippen LogP contribution in [0.4, 0.5) is 0 Å². The van der Waals surface area contributed by atoms with Crippen LogP contribution in [0.25, 0.3) is 6.08 Å². The van der Waals surface area contributed by atoms with E-state index in [4.69, 9.17) is 21.3 Å². The maximum absolute atomic E-state index is 5.95. The third-order valence-corrected chi connectivity index (χ3v) is 5.39. The maximum atomic E-state index is 5.95. The molecule has 1 unspecified atom stereocenters. The van der Waals surface area contributed by atoms with E-state index in [0.717, 1.165) is 28.3 Å². The van der Waals surface area contributed by atoms with Crippen LogP contribution in [0.5, 0.6) is 0 Å². The van der Waals surface area contributed by atoms with Crippen molar-refractivity contribution in [3.05, 3.63) is 112 Å². The van der Waals surface area contributed by atoms with Crippen LogP contribution < -0.4 is 0 Å². The summed E-state index contributed by atoms with van der Waals surface area (Å²) in [5.41, 5.74) is 5.58. The molecule has 126 valence electrons. The molecule has 3 heteroatoms. The van der Waals surface area contributed by atoms with Crippen LogP contribution in [0, 0.1) is 0 Å². The van der Waals surface area contributed by atoms with Gasteiger partial charge in [-0.05, 0) is 52.5 Å². The minimum atomic E-state index is -0.485. The number of rotatable bonds is 2. The van der Waals surface area contributed by atoms with Gasteiger partial charge in [0, 0.05) is 5.02 Å². The molecule has 2 nitrogen and oxygen atoms in total. The number of benzene rings is 1. The SMILES string of the molecule is Clc1ccc(/C=C/C2=CC=C3C(=CC=C4C=CC=C5OC=NC453)C2)cc1. The van der Waals surface area contributed by atoms with Gasteiger partial charge in [0.15, 0.2) is 11.9 Å². The molecular formula is C23H16ClNO. The van der Waals surface area contributed by atoms with Gasteiger partial charge < -0.3 is 4.74 Å². The lowest BCUT2D eigenvalue weighted by Crippen LogP contribution is -2.35. The Labute approximate surface area is 157 Å². The number of nitrogens with zero attached hydrogens (tertiary/aromatic N) is 1. The minimum absolute atomic E-state index is 0.485. The maximum Gasteiger partial charge on any atom is 0.177 e. The van der Waals surface area contributed by atoms with Crippen LogP contribution in [0.3, 0.4) is 0 Å². The van der Waals surface area contributed by atoms with E-state index in [2.05, 4.69) is 42.5 Å². The van der Waals surface area contributed by atoms with Crippen molar-refractivity contribution in [3.63, 3.8) is 0 Å². The smallest absolute Gasteiger partial charge is 0.177 e. The molecule has 1 atom stereocenters. The van der Waals surface area contributed by atoms with Crippen LogP contribution in [0.2, 0.25) is 5.02 Å². The van der Waals surface area contributed by atoms with Crippen molar-refractivity contribution in [1.82, 2.24) is 0 Å². The van der Waals surface area contributed by atoms with Crippen molar-refractivity contribution in [1.29, 1.82) is 0 Å². The summed E-state index contributed by atoms with van der Waals surface area (Å²) in [4.78, 5) is 4.72. The molecule has 1 aromatic carbocycles. The van der Waals surface area contributed by atoms with Gasteiger partial charge in [-0.1, -0.05) is 72.3 Å². The van der Waals surface area contributed by atoms with Gasteiger partial charge in [-0.25, -0.2) is 4.99 Å². The number of hydrogen-bond acceptors (Lipinski definition) is 2. The molecule has 0 fully saturated rings. The molecule has 4 aliphatic rings. The fraction of sp³-hybridized carbons (Fsp3) is 0.0870. The van der Waals surface area contributed by atoms with Crippen molar-refractivity contribution in [2.75, 3.05) is 0 Å². The Morgan fingerprint density at radius 3 is 2.77 bits per heavy atom. The van der Waals surface area contributed by atoms with Crippen LogP contribution in [0.15, 0.2) is 106 Å². The lowest BCUT2D eigenvalue weighted by atomic mass is 9.70.